The third-order valence-corrected chi connectivity index (χ3v) is 7.58. The Bertz CT molecular complexity index is 901. The first-order valence-electron chi connectivity index (χ1n) is 10.8. The molecule has 2 aromatic rings. The van der Waals surface area contributed by atoms with E-state index < -0.39 is 0 Å². The third kappa shape index (κ3) is 6.16. The maximum Gasteiger partial charge on any atom is 0.414 e. The van der Waals surface area contributed by atoms with Gasteiger partial charge in [0.15, 0.2) is 0 Å². The van der Waals surface area contributed by atoms with Crippen molar-refractivity contribution in [3.8, 4) is 0 Å². The Kier molecular flexibility index (Phi) is 7.81. The lowest BCUT2D eigenvalue weighted by Crippen LogP contribution is -2.44. The van der Waals surface area contributed by atoms with Gasteiger partial charge < -0.3 is 9.64 Å². The highest BCUT2D eigenvalue weighted by molar-refractivity contribution is 9.10. The summed E-state index contributed by atoms with van der Waals surface area (Å²) in [6.07, 6.45) is 4.24. The summed E-state index contributed by atoms with van der Waals surface area (Å²) in [6, 6.07) is 13.4. The summed E-state index contributed by atoms with van der Waals surface area (Å²) in [7, 11) is 0. The van der Waals surface area contributed by atoms with Crippen LogP contribution in [-0.2, 0) is 11.2 Å². The van der Waals surface area contributed by atoms with Gasteiger partial charge in [0, 0.05) is 32.7 Å². The molecule has 1 amide bonds. The molecule has 0 spiro atoms. The zero-order chi connectivity index (χ0) is 21.8. The second kappa shape index (κ2) is 10.6. The van der Waals surface area contributed by atoms with Crippen LogP contribution in [0.25, 0.3) is 0 Å². The Balaban J connectivity index is 1.23. The van der Waals surface area contributed by atoms with Crippen LogP contribution in [0.2, 0.25) is 10.0 Å². The van der Waals surface area contributed by atoms with E-state index in [4.69, 9.17) is 27.9 Å². The van der Waals surface area contributed by atoms with E-state index in [1.165, 1.54) is 18.4 Å². The van der Waals surface area contributed by atoms with Crippen molar-refractivity contribution in [2.24, 2.45) is 11.8 Å². The van der Waals surface area contributed by atoms with Gasteiger partial charge in [-0.05, 0) is 99.3 Å². The summed E-state index contributed by atoms with van der Waals surface area (Å²) in [4.78, 5) is 16.5. The van der Waals surface area contributed by atoms with Crippen LogP contribution in [0.3, 0.4) is 0 Å². The van der Waals surface area contributed by atoms with Gasteiger partial charge in [-0.2, -0.15) is 0 Å². The molecule has 166 valence electrons. The van der Waals surface area contributed by atoms with Crippen molar-refractivity contribution in [3.63, 3.8) is 0 Å². The fourth-order valence-corrected chi connectivity index (χ4v) is 5.18. The smallest absolute Gasteiger partial charge is 0.414 e. The molecule has 31 heavy (non-hydrogen) atoms. The molecule has 4 rings (SSSR count). The predicted molar refractivity (Wildman–Crippen MR) is 130 cm³/mol. The fourth-order valence-electron chi connectivity index (χ4n) is 4.45. The average molecular weight is 526 g/mol. The van der Waals surface area contributed by atoms with E-state index in [1.807, 2.05) is 24.3 Å². The Morgan fingerprint density at radius 3 is 2.45 bits per heavy atom. The normalized spacial score (nSPS) is 20.7. The van der Waals surface area contributed by atoms with E-state index in [0.717, 1.165) is 47.7 Å². The van der Waals surface area contributed by atoms with Gasteiger partial charge in [-0.15, -0.1) is 0 Å². The molecule has 4 nitrogen and oxygen atoms in total. The van der Waals surface area contributed by atoms with E-state index >= 15 is 0 Å². The first-order chi connectivity index (χ1) is 15.0. The molecule has 0 N–H and O–H groups in total. The van der Waals surface area contributed by atoms with Crippen molar-refractivity contribution in [1.82, 2.24) is 4.90 Å². The second-order valence-corrected chi connectivity index (χ2v) is 10.3. The number of cyclic esters (lactones) is 1. The van der Waals surface area contributed by atoms with Gasteiger partial charge in [0.2, 0.25) is 0 Å². The topological polar surface area (TPSA) is 32.8 Å². The van der Waals surface area contributed by atoms with Gasteiger partial charge in [0.05, 0.1) is 6.61 Å². The zero-order valence-corrected chi connectivity index (χ0v) is 20.5. The maximum atomic E-state index is 12.2. The molecule has 2 aromatic carbocycles. The van der Waals surface area contributed by atoms with E-state index in [9.17, 15) is 4.79 Å². The number of likely N-dealkylation sites (tertiary alicyclic amines) is 1. The largest absolute Gasteiger partial charge is 0.449 e. The minimum atomic E-state index is -0.272. The average Bonchev–Trinajstić information content (AvgIpc) is 2.77. The van der Waals surface area contributed by atoms with E-state index in [0.29, 0.717) is 30.0 Å². The van der Waals surface area contributed by atoms with Gasteiger partial charge in [0.1, 0.15) is 0 Å². The molecule has 2 aliphatic rings. The van der Waals surface area contributed by atoms with Gasteiger partial charge in [-0.1, -0.05) is 39.1 Å². The Morgan fingerprint density at radius 2 is 1.71 bits per heavy atom. The van der Waals surface area contributed by atoms with Crippen LogP contribution >= 0.6 is 39.1 Å². The summed E-state index contributed by atoms with van der Waals surface area (Å²) in [5.41, 5.74) is 2.14. The zero-order valence-electron chi connectivity index (χ0n) is 17.4. The van der Waals surface area contributed by atoms with Crippen molar-refractivity contribution in [2.75, 3.05) is 37.7 Å². The van der Waals surface area contributed by atoms with Crippen molar-refractivity contribution in [1.29, 1.82) is 0 Å². The molecule has 2 heterocycles. The minimum Gasteiger partial charge on any atom is -0.449 e. The second-order valence-electron chi connectivity index (χ2n) is 8.54. The first-order valence-corrected chi connectivity index (χ1v) is 12.4. The number of carbonyl (C=O) groups is 1. The maximum absolute atomic E-state index is 12.2. The number of hydrogen-bond acceptors (Lipinski definition) is 3. The number of benzene rings is 2. The van der Waals surface area contributed by atoms with Crippen LogP contribution < -0.4 is 4.90 Å². The number of anilines is 1. The van der Waals surface area contributed by atoms with Gasteiger partial charge in [-0.25, -0.2) is 4.79 Å². The molecule has 2 saturated heterocycles. The number of piperidine rings is 1. The molecule has 1 unspecified atom stereocenters. The number of hydrogen-bond donors (Lipinski definition) is 0. The van der Waals surface area contributed by atoms with E-state index in [2.05, 4.69) is 26.9 Å². The molecule has 1 atom stereocenters. The summed E-state index contributed by atoms with van der Waals surface area (Å²) < 4.78 is 6.60. The Hall–Kier alpha value is -1.27. The summed E-state index contributed by atoms with van der Waals surface area (Å²) in [6.45, 7) is 4.48. The lowest BCUT2D eigenvalue weighted by molar-refractivity contribution is 0.103. The molecule has 7 heteroatoms. The molecule has 0 bridgehead atoms. The van der Waals surface area contributed by atoms with E-state index in [-0.39, 0.29) is 6.09 Å². The monoisotopic (exact) mass is 524 g/mol. The molecule has 0 radical (unpaired) electrons. The number of nitrogens with zero attached hydrogens (tertiary/aromatic N) is 2. The van der Waals surface area contributed by atoms with Crippen LogP contribution in [-0.4, -0.2) is 43.8 Å². The van der Waals surface area contributed by atoms with Crippen LogP contribution in [0.1, 0.15) is 24.8 Å². The number of amides is 1. The van der Waals surface area contributed by atoms with Crippen molar-refractivity contribution in [2.45, 2.75) is 25.7 Å². The molecule has 2 fully saturated rings. The molecule has 0 aliphatic carbocycles. The van der Waals surface area contributed by atoms with Crippen LogP contribution in [0.5, 0.6) is 0 Å². The van der Waals surface area contributed by atoms with Gasteiger partial charge in [0.25, 0.3) is 0 Å². The quantitative estimate of drug-likeness (QED) is 0.422. The lowest BCUT2D eigenvalue weighted by atomic mass is 9.90. The highest BCUT2D eigenvalue weighted by atomic mass is 79.9. The van der Waals surface area contributed by atoms with Gasteiger partial charge >= 0.3 is 6.09 Å². The first kappa shape index (κ1) is 22.9. The number of rotatable bonds is 6. The Morgan fingerprint density at radius 1 is 1.00 bits per heavy atom. The molecule has 2 aliphatic heterocycles. The lowest BCUT2D eigenvalue weighted by Gasteiger charge is -2.35. The van der Waals surface area contributed by atoms with Crippen molar-refractivity contribution in [3.05, 3.63) is 62.5 Å². The number of halogens is 3. The summed E-state index contributed by atoms with van der Waals surface area (Å²) in [5, 5.41) is 1.47. The van der Waals surface area contributed by atoms with Crippen LogP contribution in [0, 0.1) is 11.8 Å². The predicted octanol–water partition coefficient (Wildman–Crippen LogP) is 6.67. The van der Waals surface area contributed by atoms with Crippen LogP contribution in [0.4, 0.5) is 10.5 Å². The minimum absolute atomic E-state index is 0.272. The molecule has 0 saturated carbocycles. The molecular formula is C24H27BrCl2N2O2. The summed E-state index contributed by atoms with van der Waals surface area (Å²) in [5.74, 6) is 1.04. The fraction of sp³-hybridized carbons (Fsp3) is 0.458. The highest BCUT2D eigenvalue weighted by Gasteiger charge is 2.29. The standard InChI is InChI=1S/C24H27BrCl2N2O2/c25-23-6-3-21(27)14-19(23)13-17-7-10-28(11-8-17)12-9-18-15-29(24(30)31-16-18)22-4-1-20(26)2-5-22/h1-6,14,17-18H,7-13,15-16H2. The van der Waals surface area contributed by atoms with Gasteiger partial charge in [-0.3, -0.25) is 4.90 Å². The SMILES string of the molecule is O=C1OCC(CCN2CCC(Cc3cc(Cl)ccc3Br)CC2)CN1c1ccc(Cl)cc1. The molecule has 0 aromatic heterocycles. The van der Waals surface area contributed by atoms with Crippen molar-refractivity contribution >= 4 is 50.9 Å². The number of ether oxygens (including phenoxy) is 1. The van der Waals surface area contributed by atoms with Crippen molar-refractivity contribution < 1.29 is 9.53 Å². The Labute approximate surface area is 202 Å². The highest BCUT2D eigenvalue weighted by Crippen LogP contribution is 2.29. The van der Waals surface area contributed by atoms with E-state index in [1.54, 1.807) is 17.0 Å². The summed E-state index contributed by atoms with van der Waals surface area (Å²) >= 11 is 15.8. The van der Waals surface area contributed by atoms with Crippen LogP contribution in [0.15, 0.2) is 46.9 Å². The number of carbonyl (C=O) groups excluding carboxylic acids is 1. The third-order valence-electron chi connectivity index (χ3n) is 6.32. The molecular weight excluding hydrogens is 499 g/mol.